The molecule has 0 saturated heterocycles. The second-order valence-corrected chi connectivity index (χ2v) is 5.53. The lowest BCUT2D eigenvalue weighted by atomic mass is 10.2. The van der Waals surface area contributed by atoms with E-state index in [1.54, 1.807) is 24.3 Å². The summed E-state index contributed by atoms with van der Waals surface area (Å²) in [4.78, 5) is 27.4. The summed E-state index contributed by atoms with van der Waals surface area (Å²) in [5.74, 6) is -0.0735. The van der Waals surface area contributed by atoms with Crippen LogP contribution in [0.1, 0.15) is 43.0 Å². The van der Waals surface area contributed by atoms with E-state index in [9.17, 15) is 9.59 Å². The number of hydrazine groups is 1. The monoisotopic (exact) mass is 345 g/mol. The van der Waals surface area contributed by atoms with Crippen LogP contribution in [0.5, 0.6) is 5.75 Å². The Balaban J connectivity index is 1.71. The van der Waals surface area contributed by atoms with Crippen LogP contribution in [0.25, 0.3) is 0 Å². The van der Waals surface area contributed by atoms with Crippen LogP contribution in [0.2, 0.25) is 0 Å². The van der Waals surface area contributed by atoms with E-state index in [0.717, 1.165) is 18.6 Å². The number of hydrogen-bond acceptors (Lipinski definition) is 5. The number of carbonyl (C=O) groups is 2. The lowest BCUT2D eigenvalue weighted by Gasteiger charge is -2.09. The number of nitrogens with zero attached hydrogens (tertiary/aromatic N) is 3. The van der Waals surface area contributed by atoms with E-state index >= 15 is 0 Å². The van der Waals surface area contributed by atoms with Crippen LogP contribution in [-0.4, -0.2) is 33.2 Å². The van der Waals surface area contributed by atoms with E-state index in [4.69, 9.17) is 4.74 Å². The van der Waals surface area contributed by atoms with Gasteiger partial charge in [-0.05, 0) is 30.7 Å². The Hall–Kier alpha value is -2.90. The molecule has 2 aromatic rings. The second-order valence-electron chi connectivity index (χ2n) is 5.53. The molecule has 0 fully saturated rings. The zero-order valence-corrected chi connectivity index (χ0v) is 14.3. The molecule has 1 aromatic carbocycles. The van der Waals surface area contributed by atoms with Gasteiger partial charge in [0.25, 0.3) is 11.8 Å². The minimum absolute atomic E-state index is 0.0227. The topological polar surface area (TPSA) is 98.1 Å². The summed E-state index contributed by atoms with van der Waals surface area (Å²) in [7, 11) is 0. The maximum absolute atomic E-state index is 12.0. The lowest BCUT2D eigenvalue weighted by molar-refractivity contribution is -0.122. The van der Waals surface area contributed by atoms with Crippen LogP contribution in [0, 0.1) is 0 Å². The van der Waals surface area contributed by atoms with Crippen LogP contribution in [-0.2, 0) is 11.3 Å². The fourth-order valence-corrected chi connectivity index (χ4v) is 2.12. The molecule has 0 radical (unpaired) electrons. The molecule has 0 atom stereocenters. The summed E-state index contributed by atoms with van der Waals surface area (Å²) in [6.45, 7) is 2.82. The molecule has 0 bridgehead atoms. The number of amides is 2. The van der Waals surface area contributed by atoms with Crippen molar-refractivity contribution in [3.63, 3.8) is 0 Å². The number of ether oxygens (including phenoxy) is 1. The van der Waals surface area contributed by atoms with Gasteiger partial charge in [-0.2, -0.15) is 5.10 Å². The SMILES string of the molecule is CCCCCCOc1ccc(C(=O)NNC(=O)Cn2cncn2)cc1. The Labute approximate surface area is 146 Å². The fraction of sp³-hybridized carbons (Fsp3) is 0.412. The van der Waals surface area contributed by atoms with Crippen LogP contribution >= 0.6 is 0 Å². The van der Waals surface area contributed by atoms with E-state index < -0.39 is 11.8 Å². The molecule has 2 rings (SSSR count). The van der Waals surface area contributed by atoms with Crippen molar-refractivity contribution in [3.05, 3.63) is 42.5 Å². The van der Waals surface area contributed by atoms with Crippen molar-refractivity contribution >= 4 is 11.8 Å². The van der Waals surface area contributed by atoms with E-state index in [2.05, 4.69) is 27.9 Å². The standard InChI is InChI=1S/C17H23N5O3/c1-2-3-4-5-10-25-15-8-6-14(7-9-15)17(24)21-20-16(23)11-22-13-18-12-19-22/h6-9,12-13H,2-5,10-11H2,1H3,(H,20,23)(H,21,24). The Morgan fingerprint density at radius 2 is 1.92 bits per heavy atom. The Morgan fingerprint density at radius 3 is 2.60 bits per heavy atom. The summed E-state index contributed by atoms with van der Waals surface area (Å²) < 4.78 is 6.98. The minimum Gasteiger partial charge on any atom is -0.494 e. The quantitative estimate of drug-likeness (QED) is 0.532. The van der Waals surface area contributed by atoms with Gasteiger partial charge in [0, 0.05) is 5.56 Å². The Morgan fingerprint density at radius 1 is 1.12 bits per heavy atom. The van der Waals surface area contributed by atoms with Gasteiger partial charge in [0.05, 0.1) is 6.61 Å². The zero-order valence-electron chi connectivity index (χ0n) is 14.3. The zero-order chi connectivity index (χ0) is 17.9. The van der Waals surface area contributed by atoms with Crippen molar-refractivity contribution in [2.45, 2.75) is 39.2 Å². The maximum atomic E-state index is 12.0. The Bertz CT molecular complexity index is 655. The fourth-order valence-electron chi connectivity index (χ4n) is 2.12. The molecule has 8 heteroatoms. The minimum atomic E-state index is -0.401. The third-order valence-corrected chi connectivity index (χ3v) is 3.47. The molecule has 0 aliphatic heterocycles. The van der Waals surface area contributed by atoms with Gasteiger partial charge in [0.15, 0.2) is 0 Å². The normalized spacial score (nSPS) is 10.3. The van der Waals surface area contributed by atoms with Gasteiger partial charge in [0.1, 0.15) is 24.9 Å². The molecular formula is C17H23N5O3. The van der Waals surface area contributed by atoms with Crippen LogP contribution < -0.4 is 15.6 Å². The molecule has 2 N–H and O–H groups in total. The summed E-state index contributed by atoms with van der Waals surface area (Å²) in [5.41, 5.74) is 5.12. The van der Waals surface area contributed by atoms with Gasteiger partial charge in [-0.15, -0.1) is 0 Å². The molecule has 134 valence electrons. The van der Waals surface area contributed by atoms with Gasteiger partial charge in [-0.1, -0.05) is 26.2 Å². The van der Waals surface area contributed by atoms with Crippen molar-refractivity contribution in [3.8, 4) is 5.75 Å². The highest BCUT2D eigenvalue weighted by Gasteiger charge is 2.08. The number of nitrogens with one attached hydrogen (secondary N) is 2. The van der Waals surface area contributed by atoms with Crippen molar-refractivity contribution in [1.29, 1.82) is 0 Å². The molecule has 0 spiro atoms. The first-order chi connectivity index (χ1) is 12.2. The number of benzene rings is 1. The summed E-state index contributed by atoms with van der Waals surface area (Å²) in [6.07, 6.45) is 7.34. The third-order valence-electron chi connectivity index (χ3n) is 3.47. The summed E-state index contributed by atoms with van der Waals surface area (Å²) in [6, 6.07) is 6.79. The number of hydrogen-bond donors (Lipinski definition) is 2. The van der Waals surface area contributed by atoms with E-state index in [1.807, 2.05) is 0 Å². The summed E-state index contributed by atoms with van der Waals surface area (Å²) >= 11 is 0. The molecule has 8 nitrogen and oxygen atoms in total. The average Bonchev–Trinajstić information content (AvgIpc) is 3.13. The van der Waals surface area contributed by atoms with E-state index in [1.165, 1.54) is 30.2 Å². The van der Waals surface area contributed by atoms with Crippen LogP contribution in [0.3, 0.4) is 0 Å². The van der Waals surface area contributed by atoms with Gasteiger partial charge in [-0.3, -0.25) is 20.4 Å². The molecule has 2 amide bonds. The van der Waals surface area contributed by atoms with Crippen LogP contribution in [0.4, 0.5) is 0 Å². The van der Waals surface area contributed by atoms with Crippen molar-refractivity contribution < 1.29 is 14.3 Å². The first-order valence-electron chi connectivity index (χ1n) is 8.33. The average molecular weight is 345 g/mol. The highest BCUT2D eigenvalue weighted by Crippen LogP contribution is 2.13. The van der Waals surface area contributed by atoms with E-state index in [0.29, 0.717) is 12.2 Å². The molecule has 0 saturated carbocycles. The highest BCUT2D eigenvalue weighted by atomic mass is 16.5. The molecular weight excluding hydrogens is 322 g/mol. The maximum Gasteiger partial charge on any atom is 0.269 e. The third kappa shape index (κ3) is 6.62. The largest absolute Gasteiger partial charge is 0.494 e. The predicted octanol–water partition coefficient (Wildman–Crippen LogP) is 1.70. The van der Waals surface area contributed by atoms with Crippen molar-refractivity contribution in [1.82, 2.24) is 25.6 Å². The second kappa shape index (κ2) is 10.1. The van der Waals surface area contributed by atoms with Crippen molar-refractivity contribution in [2.24, 2.45) is 0 Å². The number of aromatic nitrogens is 3. The number of unbranched alkanes of at least 4 members (excludes halogenated alkanes) is 3. The molecule has 1 heterocycles. The number of rotatable bonds is 9. The molecule has 0 unspecified atom stereocenters. The molecule has 0 aliphatic carbocycles. The lowest BCUT2D eigenvalue weighted by Crippen LogP contribution is -2.43. The van der Waals surface area contributed by atoms with Gasteiger partial charge < -0.3 is 4.74 Å². The first kappa shape index (κ1) is 18.4. The van der Waals surface area contributed by atoms with Gasteiger partial charge in [0.2, 0.25) is 0 Å². The number of carbonyl (C=O) groups excluding carboxylic acids is 2. The van der Waals surface area contributed by atoms with Crippen LogP contribution in [0.15, 0.2) is 36.9 Å². The Kier molecular flexibility index (Phi) is 7.42. The smallest absolute Gasteiger partial charge is 0.269 e. The predicted molar refractivity (Wildman–Crippen MR) is 91.7 cm³/mol. The van der Waals surface area contributed by atoms with E-state index in [-0.39, 0.29) is 6.54 Å². The first-order valence-corrected chi connectivity index (χ1v) is 8.33. The van der Waals surface area contributed by atoms with Gasteiger partial charge >= 0.3 is 0 Å². The van der Waals surface area contributed by atoms with Gasteiger partial charge in [-0.25, -0.2) is 9.67 Å². The molecule has 0 aliphatic rings. The summed E-state index contributed by atoms with van der Waals surface area (Å²) in [5, 5.41) is 3.81. The highest BCUT2D eigenvalue weighted by molar-refractivity contribution is 5.95. The molecule has 25 heavy (non-hydrogen) atoms. The molecule has 1 aromatic heterocycles. The van der Waals surface area contributed by atoms with Crippen molar-refractivity contribution in [2.75, 3.05) is 6.61 Å².